The van der Waals surface area contributed by atoms with E-state index in [0.29, 0.717) is 13.1 Å². The number of carbonyl (C=O) groups excluding carboxylic acids is 1. The van der Waals surface area contributed by atoms with E-state index in [1.165, 1.54) is 0 Å². The number of benzene rings is 2. The highest BCUT2D eigenvalue weighted by Crippen LogP contribution is 2.26. The first-order valence-corrected chi connectivity index (χ1v) is 10.4. The minimum Gasteiger partial charge on any atom is -0.497 e. The molecule has 0 saturated heterocycles. The molecule has 3 heteroatoms. The van der Waals surface area contributed by atoms with Crippen molar-refractivity contribution >= 4 is 5.91 Å². The molecule has 0 heterocycles. The summed E-state index contributed by atoms with van der Waals surface area (Å²) in [6, 6.07) is 20.2. The lowest BCUT2D eigenvalue weighted by Crippen LogP contribution is -2.37. The number of hydrogen-bond acceptors (Lipinski definition) is 2. The highest BCUT2D eigenvalue weighted by molar-refractivity contribution is 5.79. The van der Waals surface area contributed by atoms with Gasteiger partial charge in [-0.1, -0.05) is 79.2 Å². The van der Waals surface area contributed by atoms with Crippen molar-refractivity contribution in [2.75, 3.05) is 7.11 Å². The molecular formula is C27H33NO2. The Labute approximate surface area is 181 Å². The molecule has 2 unspecified atom stereocenters. The Bertz CT molecular complexity index is 827. The summed E-state index contributed by atoms with van der Waals surface area (Å²) in [5.41, 5.74) is 3.29. The lowest BCUT2D eigenvalue weighted by molar-refractivity contribution is -0.137. The smallest absolute Gasteiger partial charge is 0.226 e. The average molecular weight is 404 g/mol. The van der Waals surface area contributed by atoms with Crippen LogP contribution in [0.4, 0.5) is 0 Å². The molecule has 0 aliphatic heterocycles. The van der Waals surface area contributed by atoms with E-state index in [9.17, 15) is 4.79 Å². The van der Waals surface area contributed by atoms with Crippen molar-refractivity contribution < 1.29 is 9.53 Å². The SMILES string of the molecule is C=CC(C(C)=CC(=CC)OC)C(C)C(=O)N(Cc1ccccc1)Cc1ccccc1. The van der Waals surface area contributed by atoms with E-state index < -0.39 is 0 Å². The van der Waals surface area contributed by atoms with Crippen molar-refractivity contribution in [1.82, 2.24) is 4.90 Å². The minimum absolute atomic E-state index is 0.0725. The molecule has 158 valence electrons. The standard InChI is InChI=1S/C27H33NO2/c1-6-25(30-5)18-21(3)26(7-2)22(4)27(29)28(19-23-14-10-8-11-15-23)20-24-16-12-9-13-17-24/h6-18,22,26H,2,19-20H2,1,3-5H3. The fraction of sp³-hybridized carbons (Fsp3) is 0.296. The summed E-state index contributed by atoms with van der Waals surface area (Å²) in [6.07, 6.45) is 5.75. The summed E-state index contributed by atoms with van der Waals surface area (Å²) in [4.78, 5) is 15.5. The Morgan fingerprint density at radius 2 is 1.53 bits per heavy atom. The zero-order valence-electron chi connectivity index (χ0n) is 18.5. The molecule has 30 heavy (non-hydrogen) atoms. The molecule has 0 aliphatic carbocycles. The van der Waals surface area contributed by atoms with Gasteiger partial charge in [0.2, 0.25) is 5.91 Å². The Morgan fingerprint density at radius 3 is 1.93 bits per heavy atom. The summed E-state index contributed by atoms with van der Waals surface area (Å²) < 4.78 is 5.37. The van der Waals surface area contributed by atoms with Crippen molar-refractivity contribution in [2.24, 2.45) is 11.8 Å². The quantitative estimate of drug-likeness (QED) is 0.270. The molecule has 0 radical (unpaired) electrons. The van der Waals surface area contributed by atoms with Gasteiger partial charge in [-0.05, 0) is 37.1 Å². The van der Waals surface area contributed by atoms with Gasteiger partial charge in [-0.2, -0.15) is 0 Å². The van der Waals surface area contributed by atoms with Crippen LogP contribution in [0.5, 0.6) is 0 Å². The molecule has 2 atom stereocenters. The third-order valence-electron chi connectivity index (χ3n) is 5.34. The number of hydrogen-bond donors (Lipinski definition) is 0. The molecule has 2 rings (SSSR count). The molecule has 0 bridgehead atoms. The van der Waals surface area contributed by atoms with Crippen LogP contribution in [0.25, 0.3) is 0 Å². The molecule has 0 aliphatic rings. The number of rotatable bonds is 10. The largest absolute Gasteiger partial charge is 0.497 e. The molecule has 0 N–H and O–H groups in total. The monoisotopic (exact) mass is 403 g/mol. The van der Waals surface area contributed by atoms with Gasteiger partial charge in [-0.3, -0.25) is 4.79 Å². The molecule has 1 amide bonds. The van der Waals surface area contributed by atoms with E-state index >= 15 is 0 Å². The zero-order chi connectivity index (χ0) is 21.9. The summed E-state index contributed by atoms with van der Waals surface area (Å²) >= 11 is 0. The van der Waals surface area contributed by atoms with Gasteiger partial charge < -0.3 is 9.64 Å². The normalized spacial score (nSPS) is 14.0. The van der Waals surface area contributed by atoms with Crippen molar-refractivity contribution in [1.29, 1.82) is 0 Å². The maximum absolute atomic E-state index is 13.6. The van der Waals surface area contributed by atoms with E-state index in [1.54, 1.807) is 7.11 Å². The number of ether oxygens (including phenoxy) is 1. The molecule has 2 aromatic carbocycles. The van der Waals surface area contributed by atoms with Crippen molar-refractivity contribution in [3.63, 3.8) is 0 Å². The average Bonchev–Trinajstić information content (AvgIpc) is 2.78. The molecule has 2 aromatic rings. The number of allylic oxidation sites excluding steroid dienone is 4. The summed E-state index contributed by atoms with van der Waals surface area (Å²) in [5.74, 6) is 0.585. The maximum atomic E-state index is 13.6. The van der Waals surface area contributed by atoms with E-state index in [1.807, 2.05) is 80.3 Å². The molecular weight excluding hydrogens is 370 g/mol. The Morgan fingerprint density at radius 1 is 1.03 bits per heavy atom. The molecule has 0 saturated carbocycles. The molecule has 0 aromatic heterocycles. The summed E-state index contributed by atoms with van der Waals surface area (Å²) in [6.45, 7) is 11.1. The highest BCUT2D eigenvalue weighted by Gasteiger charge is 2.27. The van der Waals surface area contributed by atoms with Crippen LogP contribution < -0.4 is 0 Å². The third kappa shape index (κ3) is 6.48. The van der Waals surface area contributed by atoms with Crippen LogP contribution in [0, 0.1) is 11.8 Å². The van der Waals surface area contributed by atoms with Gasteiger partial charge in [0.15, 0.2) is 0 Å². The molecule has 3 nitrogen and oxygen atoms in total. The van der Waals surface area contributed by atoms with Crippen LogP contribution in [0.15, 0.2) is 96.8 Å². The lowest BCUT2D eigenvalue weighted by atomic mass is 9.86. The number of carbonyl (C=O) groups is 1. The van der Waals surface area contributed by atoms with Gasteiger partial charge in [0.1, 0.15) is 5.76 Å². The van der Waals surface area contributed by atoms with Crippen LogP contribution in [-0.4, -0.2) is 17.9 Å². The highest BCUT2D eigenvalue weighted by atomic mass is 16.5. The predicted molar refractivity (Wildman–Crippen MR) is 125 cm³/mol. The minimum atomic E-state index is -0.235. The Balaban J connectivity index is 2.28. The first-order chi connectivity index (χ1) is 14.5. The van der Waals surface area contributed by atoms with Gasteiger partial charge in [-0.25, -0.2) is 0 Å². The lowest BCUT2D eigenvalue weighted by Gasteiger charge is -2.30. The van der Waals surface area contributed by atoms with Crippen LogP contribution in [0.2, 0.25) is 0 Å². The Hall–Kier alpha value is -3.07. The van der Waals surface area contributed by atoms with E-state index in [0.717, 1.165) is 22.5 Å². The van der Waals surface area contributed by atoms with E-state index in [4.69, 9.17) is 4.74 Å². The van der Waals surface area contributed by atoms with Gasteiger partial charge in [0.05, 0.1) is 7.11 Å². The van der Waals surface area contributed by atoms with Crippen LogP contribution >= 0.6 is 0 Å². The second-order valence-electron chi connectivity index (χ2n) is 7.50. The first kappa shape index (κ1) is 23.2. The van der Waals surface area contributed by atoms with Crippen molar-refractivity contribution in [3.8, 4) is 0 Å². The Kier molecular flexibility index (Phi) is 9.14. The molecule has 0 fully saturated rings. The van der Waals surface area contributed by atoms with Crippen LogP contribution in [-0.2, 0) is 22.6 Å². The third-order valence-corrected chi connectivity index (χ3v) is 5.34. The number of nitrogens with zero attached hydrogens (tertiary/aromatic N) is 1. The summed E-state index contributed by atoms with van der Waals surface area (Å²) in [5, 5.41) is 0. The van der Waals surface area contributed by atoms with Crippen molar-refractivity contribution in [3.05, 3.63) is 108 Å². The van der Waals surface area contributed by atoms with Crippen LogP contribution in [0.3, 0.4) is 0 Å². The van der Waals surface area contributed by atoms with Crippen LogP contribution in [0.1, 0.15) is 31.9 Å². The predicted octanol–water partition coefficient (Wildman–Crippen LogP) is 6.15. The summed E-state index contributed by atoms with van der Waals surface area (Å²) in [7, 11) is 1.65. The van der Waals surface area contributed by atoms with Gasteiger partial charge in [0, 0.05) is 24.9 Å². The fourth-order valence-corrected chi connectivity index (χ4v) is 3.63. The first-order valence-electron chi connectivity index (χ1n) is 10.4. The second-order valence-corrected chi connectivity index (χ2v) is 7.50. The van der Waals surface area contributed by atoms with Crippen molar-refractivity contribution in [2.45, 2.75) is 33.9 Å². The number of methoxy groups -OCH3 is 1. The maximum Gasteiger partial charge on any atom is 0.226 e. The topological polar surface area (TPSA) is 29.5 Å². The van der Waals surface area contributed by atoms with Gasteiger partial charge in [0.25, 0.3) is 0 Å². The zero-order valence-corrected chi connectivity index (χ0v) is 18.5. The second kappa shape index (κ2) is 11.8. The fourth-order valence-electron chi connectivity index (χ4n) is 3.63. The van der Waals surface area contributed by atoms with E-state index in [2.05, 4.69) is 30.8 Å². The van der Waals surface area contributed by atoms with Gasteiger partial charge >= 0.3 is 0 Å². The molecule has 0 spiro atoms. The van der Waals surface area contributed by atoms with Gasteiger partial charge in [-0.15, -0.1) is 6.58 Å². The van der Waals surface area contributed by atoms with E-state index in [-0.39, 0.29) is 17.7 Å². The number of amides is 1.